The second-order valence-electron chi connectivity index (χ2n) is 6.55. The first kappa shape index (κ1) is 22.7. The minimum absolute atomic E-state index is 0.0986. The molecule has 0 saturated carbocycles. The number of halogens is 3. The monoisotopic (exact) mass is 507 g/mol. The number of nitriles is 1. The van der Waals surface area contributed by atoms with Gasteiger partial charge >= 0.3 is 0 Å². The lowest BCUT2D eigenvalue weighted by Crippen LogP contribution is -2.15. The maximum absolute atomic E-state index is 14.8. The topological polar surface area (TPSA) is 110 Å². The van der Waals surface area contributed by atoms with Crippen molar-refractivity contribution < 1.29 is 21.9 Å². The van der Waals surface area contributed by atoms with Crippen LogP contribution in [0.4, 0.5) is 13.9 Å². The normalized spacial score (nSPS) is 11.2. The van der Waals surface area contributed by atoms with Gasteiger partial charge in [-0.2, -0.15) is 10.4 Å². The Hall–Kier alpha value is -3.53. The van der Waals surface area contributed by atoms with E-state index in [0.717, 1.165) is 11.3 Å². The van der Waals surface area contributed by atoms with Crippen LogP contribution in [0.5, 0.6) is 11.5 Å². The van der Waals surface area contributed by atoms with Gasteiger partial charge in [-0.05, 0) is 24.3 Å². The summed E-state index contributed by atoms with van der Waals surface area (Å²) in [6, 6.07) is 9.19. The van der Waals surface area contributed by atoms with Gasteiger partial charge in [0.05, 0.1) is 23.5 Å². The molecule has 2 aromatic carbocycles. The van der Waals surface area contributed by atoms with Crippen molar-refractivity contribution in [2.24, 2.45) is 7.05 Å². The highest BCUT2D eigenvalue weighted by Gasteiger charge is 2.24. The van der Waals surface area contributed by atoms with Crippen LogP contribution < -0.4 is 9.46 Å². The number of benzene rings is 2. The molecule has 0 atom stereocenters. The summed E-state index contributed by atoms with van der Waals surface area (Å²) in [4.78, 5) is 2.81. The highest BCUT2D eigenvalue weighted by Crippen LogP contribution is 2.36. The molecule has 13 heteroatoms. The fourth-order valence-corrected chi connectivity index (χ4v) is 5.04. The number of nitrogens with zero attached hydrogens (tertiary/aromatic N) is 4. The molecule has 2 aromatic heterocycles. The van der Waals surface area contributed by atoms with E-state index >= 15 is 0 Å². The maximum atomic E-state index is 14.8. The number of hydrogen-bond donors (Lipinski definition) is 1. The molecule has 0 aliphatic carbocycles. The Labute approximate surface area is 195 Å². The van der Waals surface area contributed by atoms with Crippen molar-refractivity contribution in [3.05, 3.63) is 70.3 Å². The van der Waals surface area contributed by atoms with Crippen LogP contribution in [0.2, 0.25) is 4.34 Å². The number of ether oxygens (including phenoxy) is 1. The smallest absolute Gasteiger partial charge is 0.266 e. The van der Waals surface area contributed by atoms with E-state index in [2.05, 4.69) is 10.1 Å². The van der Waals surface area contributed by atoms with Crippen LogP contribution in [-0.4, -0.2) is 23.2 Å². The molecular formula is C20H12ClF2N5O3S2. The lowest BCUT2D eigenvalue weighted by Gasteiger charge is -2.14. The molecular weight excluding hydrogens is 496 g/mol. The molecule has 0 radical (unpaired) electrons. The van der Waals surface area contributed by atoms with Crippen LogP contribution in [0.25, 0.3) is 11.3 Å². The first-order chi connectivity index (χ1) is 15.7. The molecule has 0 unspecified atom stereocenters. The molecule has 0 amide bonds. The van der Waals surface area contributed by atoms with Gasteiger partial charge in [-0.15, -0.1) is 0 Å². The van der Waals surface area contributed by atoms with Crippen molar-refractivity contribution in [2.75, 3.05) is 4.72 Å². The Morgan fingerprint density at radius 3 is 2.61 bits per heavy atom. The summed E-state index contributed by atoms with van der Waals surface area (Å²) in [6.45, 7) is 0. The minimum Gasteiger partial charge on any atom is -0.453 e. The number of sulfonamides is 1. The average Bonchev–Trinajstić information content (AvgIpc) is 3.37. The van der Waals surface area contributed by atoms with Crippen LogP contribution in [-0.2, 0) is 17.1 Å². The molecule has 2 heterocycles. The number of thiazole rings is 1. The van der Waals surface area contributed by atoms with Gasteiger partial charge in [0, 0.05) is 30.9 Å². The third-order valence-electron chi connectivity index (χ3n) is 4.40. The number of hydrogen-bond acceptors (Lipinski definition) is 7. The van der Waals surface area contributed by atoms with Gasteiger partial charge in [0.2, 0.25) is 0 Å². The third kappa shape index (κ3) is 4.65. The average molecular weight is 508 g/mol. The van der Waals surface area contributed by atoms with Crippen molar-refractivity contribution in [1.29, 1.82) is 5.26 Å². The molecule has 0 aliphatic rings. The molecule has 4 aromatic rings. The molecule has 8 nitrogen and oxygen atoms in total. The molecule has 1 N–H and O–H groups in total. The molecule has 0 aliphatic heterocycles. The van der Waals surface area contributed by atoms with Crippen LogP contribution >= 0.6 is 22.9 Å². The zero-order valence-electron chi connectivity index (χ0n) is 16.6. The van der Waals surface area contributed by atoms with Crippen molar-refractivity contribution in [1.82, 2.24) is 14.8 Å². The second kappa shape index (κ2) is 8.78. The summed E-state index contributed by atoms with van der Waals surface area (Å²) >= 11 is 6.54. The minimum atomic E-state index is -4.48. The predicted molar refractivity (Wildman–Crippen MR) is 118 cm³/mol. The first-order valence-corrected chi connectivity index (χ1v) is 11.7. The van der Waals surface area contributed by atoms with E-state index in [1.807, 2.05) is 10.8 Å². The van der Waals surface area contributed by atoms with Gasteiger partial charge in [0.25, 0.3) is 10.0 Å². The zero-order chi connectivity index (χ0) is 23.8. The van der Waals surface area contributed by atoms with E-state index in [1.54, 1.807) is 13.1 Å². The first-order valence-electron chi connectivity index (χ1n) is 9.01. The van der Waals surface area contributed by atoms with Crippen LogP contribution in [0, 0.1) is 23.0 Å². The van der Waals surface area contributed by atoms with Crippen molar-refractivity contribution >= 4 is 38.1 Å². The third-order valence-corrected chi connectivity index (χ3v) is 6.91. The largest absolute Gasteiger partial charge is 0.453 e. The molecule has 33 heavy (non-hydrogen) atoms. The van der Waals surface area contributed by atoms with Gasteiger partial charge in [-0.3, -0.25) is 9.40 Å². The summed E-state index contributed by atoms with van der Waals surface area (Å²) in [5, 5.41) is 13.2. The highest BCUT2D eigenvalue weighted by molar-refractivity contribution is 7.93. The van der Waals surface area contributed by atoms with E-state index < -0.39 is 32.3 Å². The Bertz CT molecular complexity index is 1510. The summed E-state index contributed by atoms with van der Waals surface area (Å²) in [5.41, 5.74) is 1.29. The van der Waals surface area contributed by atoms with Gasteiger partial charge in [-0.25, -0.2) is 22.2 Å². The van der Waals surface area contributed by atoms with Crippen LogP contribution in [0.1, 0.15) is 5.56 Å². The van der Waals surface area contributed by atoms with Gasteiger partial charge < -0.3 is 4.74 Å². The van der Waals surface area contributed by atoms with E-state index in [-0.39, 0.29) is 15.2 Å². The summed E-state index contributed by atoms with van der Waals surface area (Å²) in [6.07, 6.45) is 2.75. The van der Waals surface area contributed by atoms with E-state index in [9.17, 15) is 22.5 Å². The lowest BCUT2D eigenvalue weighted by molar-refractivity contribution is 0.433. The van der Waals surface area contributed by atoms with Crippen molar-refractivity contribution in [3.63, 3.8) is 0 Å². The van der Waals surface area contributed by atoms with E-state index in [0.29, 0.717) is 29.0 Å². The quantitative estimate of drug-likeness (QED) is 0.396. The Morgan fingerprint density at radius 1 is 1.18 bits per heavy atom. The Balaban J connectivity index is 1.70. The SMILES string of the molecule is Cn1nccc1-c1cc(C#N)ccc1Oc1cc(F)c(S(=O)(=O)Nc2ncc(Cl)s2)cc1F. The van der Waals surface area contributed by atoms with Crippen LogP contribution in [0.15, 0.2) is 53.7 Å². The maximum Gasteiger partial charge on any atom is 0.266 e. The van der Waals surface area contributed by atoms with Gasteiger partial charge in [-0.1, -0.05) is 22.9 Å². The predicted octanol–water partition coefficient (Wildman–Crippen LogP) is 4.94. The molecule has 0 spiro atoms. The number of anilines is 1. The number of rotatable bonds is 6. The van der Waals surface area contributed by atoms with Gasteiger partial charge in [0.15, 0.2) is 16.7 Å². The summed E-state index contributed by atoms with van der Waals surface area (Å²) < 4.78 is 63.9. The molecule has 0 bridgehead atoms. The van der Waals surface area contributed by atoms with E-state index in [1.165, 1.54) is 35.3 Å². The van der Waals surface area contributed by atoms with Crippen LogP contribution in [0.3, 0.4) is 0 Å². The Kier molecular flexibility index (Phi) is 6.03. The van der Waals surface area contributed by atoms with E-state index in [4.69, 9.17) is 16.3 Å². The number of aryl methyl sites for hydroxylation is 1. The summed E-state index contributed by atoms with van der Waals surface area (Å²) in [7, 11) is -2.81. The number of aromatic nitrogens is 3. The van der Waals surface area contributed by atoms with Crippen molar-refractivity contribution in [2.45, 2.75) is 4.90 Å². The molecule has 0 fully saturated rings. The summed E-state index contributed by atoms with van der Waals surface area (Å²) in [5.74, 6) is -2.79. The molecule has 168 valence electrons. The highest BCUT2D eigenvalue weighted by atomic mass is 35.5. The fraction of sp³-hybridized carbons (Fsp3) is 0.0500. The van der Waals surface area contributed by atoms with Gasteiger partial charge in [0.1, 0.15) is 20.8 Å². The lowest BCUT2D eigenvalue weighted by atomic mass is 10.1. The molecule has 0 saturated heterocycles. The second-order valence-corrected chi connectivity index (χ2v) is 9.87. The fourth-order valence-electron chi connectivity index (χ4n) is 2.91. The zero-order valence-corrected chi connectivity index (χ0v) is 19.0. The van der Waals surface area contributed by atoms with Crippen molar-refractivity contribution in [3.8, 4) is 28.8 Å². The standard InChI is InChI=1S/C20H12ClF2N5O3S2/c1-28-15(4-5-26-28)12-6-11(9-24)2-3-16(12)31-17-7-14(23)18(8-13(17)22)33(29,30)27-20-25-10-19(21)32-20/h2-8,10H,1H3,(H,25,27). The Morgan fingerprint density at radius 2 is 1.97 bits per heavy atom. The number of nitrogens with one attached hydrogen (secondary N) is 1. The molecule has 4 rings (SSSR count).